The number of carbonyl (C=O) groups is 3. The minimum absolute atomic E-state index is 0.174. The van der Waals surface area contributed by atoms with Crippen molar-refractivity contribution in [2.24, 2.45) is 11.8 Å². The zero-order valence-corrected chi connectivity index (χ0v) is 17.0. The number of nitrogens with zero attached hydrogens (tertiary/aromatic N) is 1. The predicted octanol–water partition coefficient (Wildman–Crippen LogP) is 0.899. The molecule has 0 unspecified atom stereocenters. The van der Waals surface area contributed by atoms with Crippen LogP contribution in [0.25, 0.3) is 0 Å². The van der Waals surface area contributed by atoms with Gasteiger partial charge in [-0.15, -0.1) is 0 Å². The fraction of sp³-hybridized carbons (Fsp3) is 0.550. The van der Waals surface area contributed by atoms with Crippen LogP contribution in [0.2, 0.25) is 0 Å². The topological polar surface area (TPSA) is 80.3 Å². The second-order valence-corrected chi connectivity index (χ2v) is 8.23. The number of rotatable bonds is 6. The quantitative estimate of drug-likeness (QED) is 0.576. The van der Waals surface area contributed by atoms with E-state index in [0.717, 1.165) is 11.1 Å². The van der Waals surface area contributed by atoms with Crippen LogP contribution in [-0.4, -0.2) is 53.9 Å². The average Bonchev–Trinajstić information content (AvgIpc) is 3.14. The van der Waals surface area contributed by atoms with Crippen molar-refractivity contribution >= 4 is 29.5 Å². The molecule has 27 heavy (non-hydrogen) atoms. The smallest absolute Gasteiger partial charge is 0.368 e. The highest BCUT2D eigenvalue weighted by atomic mass is 32.2. The normalized spacial score (nSPS) is 29.9. The first-order chi connectivity index (χ1) is 12.9. The van der Waals surface area contributed by atoms with E-state index in [2.05, 4.69) is 0 Å². The van der Waals surface area contributed by atoms with Crippen molar-refractivity contribution in [2.45, 2.75) is 31.8 Å². The molecule has 0 spiro atoms. The lowest BCUT2D eigenvalue weighted by atomic mass is 9.77. The second-order valence-electron chi connectivity index (χ2n) is 7.25. The number of thioether (sulfide) groups is 1. The zero-order valence-electron chi connectivity index (χ0n) is 16.2. The number of hydrogen-bond acceptors (Lipinski definition) is 5. The Morgan fingerprint density at radius 3 is 2.59 bits per heavy atom. The molecule has 2 aliphatic rings. The van der Waals surface area contributed by atoms with Crippen molar-refractivity contribution in [1.82, 2.24) is 4.90 Å². The lowest BCUT2D eigenvalue weighted by Crippen LogP contribution is -2.98. The summed E-state index contributed by atoms with van der Waals surface area (Å²) in [5.74, 6) is -1.35. The van der Waals surface area contributed by atoms with Gasteiger partial charge in [-0.3, -0.25) is 14.5 Å². The maximum absolute atomic E-state index is 13.2. The molecule has 0 radical (unpaired) electrons. The molecule has 1 aromatic rings. The lowest BCUT2D eigenvalue weighted by molar-refractivity contribution is -0.734. The van der Waals surface area contributed by atoms with Crippen molar-refractivity contribution in [1.29, 1.82) is 0 Å². The number of benzene rings is 1. The molecule has 2 amide bonds. The summed E-state index contributed by atoms with van der Waals surface area (Å²) in [4.78, 5) is 40.5. The Morgan fingerprint density at radius 1 is 1.30 bits per heavy atom. The number of fused-ring (bicyclic) bond motifs is 1. The Bertz CT molecular complexity index is 768. The van der Waals surface area contributed by atoms with E-state index in [1.165, 1.54) is 12.0 Å². The van der Waals surface area contributed by atoms with E-state index in [9.17, 15) is 14.4 Å². The first-order valence-corrected chi connectivity index (χ1v) is 10.7. The van der Waals surface area contributed by atoms with Crippen molar-refractivity contribution < 1.29 is 24.4 Å². The van der Waals surface area contributed by atoms with Gasteiger partial charge in [0.05, 0.1) is 7.11 Å². The molecule has 1 aromatic carbocycles. The summed E-state index contributed by atoms with van der Waals surface area (Å²) in [6.07, 6.45) is 2.46. The minimum Gasteiger partial charge on any atom is -0.464 e. The number of nitrogens with two attached hydrogens (primary N) is 1. The van der Waals surface area contributed by atoms with Crippen LogP contribution in [0.4, 0.5) is 0 Å². The van der Waals surface area contributed by atoms with Gasteiger partial charge < -0.3 is 10.1 Å². The Morgan fingerprint density at radius 2 is 2.00 bits per heavy atom. The number of carbonyl (C=O) groups excluding carboxylic acids is 3. The lowest BCUT2D eigenvalue weighted by Gasteiger charge is -2.29. The van der Waals surface area contributed by atoms with Gasteiger partial charge >= 0.3 is 5.97 Å². The van der Waals surface area contributed by atoms with Crippen molar-refractivity contribution in [3.05, 3.63) is 35.4 Å². The highest BCUT2D eigenvalue weighted by Crippen LogP contribution is 2.46. The monoisotopic (exact) mass is 391 g/mol. The molecule has 4 atom stereocenters. The van der Waals surface area contributed by atoms with E-state index < -0.39 is 23.3 Å². The third kappa shape index (κ3) is 2.97. The number of esters is 1. The molecule has 0 aliphatic carbocycles. The van der Waals surface area contributed by atoms with Crippen LogP contribution in [0, 0.1) is 18.8 Å². The van der Waals surface area contributed by atoms with Gasteiger partial charge in [-0.1, -0.05) is 24.3 Å². The number of imide groups is 1. The summed E-state index contributed by atoms with van der Waals surface area (Å²) in [5.41, 5.74) is 0.992. The Labute approximate surface area is 164 Å². The summed E-state index contributed by atoms with van der Waals surface area (Å²) in [6, 6.07) is 7.60. The van der Waals surface area contributed by atoms with E-state index in [4.69, 9.17) is 4.74 Å². The average molecular weight is 392 g/mol. The Hall–Kier alpha value is -1.86. The molecule has 146 valence electrons. The van der Waals surface area contributed by atoms with Crippen LogP contribution in [0.1, 0.15) is 30.5 Å². The molecule has 0 saturated carbocycles. The van der Waals surface area contributed by atoms with Crippen LogP contribution in [0.15, 0.2) is 24.3 Å². The summed E-state index contributed by atoms with van der Waals surface area (Å²) < 4.78 is 5.15. The van der Waals surface area contributed by atoms with E-state index in [-0.39, 0.29) is 17.9 Å². The summed E-state index contributed by atoms with van der Waals surface area (Å²) in [6.45, 7) is 4.12. The molecular formula is C20H27N2O4S+. The summed E-state index contributed by atoms with van der Waals surface area (Å²) >= 11 is 1.62. The largest absolute Gasteiger partial charge is 0.464 e. The minimum atomic E-state index is -1.06. The van der Waals surface area contributed by atoms with Gasteiger partial charge in [0.15, 0.2) is 0 Å². The van der Waals surface area contributed by atoms with E-state index in [0.29, 0.717) is 18.7 Å². The number of amides is 2. The van der Waals surface area contributed by atoms with Gasteiger partial charge in [-0.2, -0.15) is 11.8 Å². The molecule has 0 aromatic heterocycles. The molecule has 7 heteroatoms. The van der Waals surface area contributed by atoms with Crippen LogP contribution in [0.5, 0.6) is 0 Å². The van der Waals surface area contributed by atoms with Crippen LogP contribution in [0.3, 0.4) is 0 Å². The molecule has 2 fully saturated rings. The molecular weight excluding hydrogens is 364 g/mol. The molecule has 6 nitrogen and oxygen atoms in total. The molecule has 0 bridgehead atoms. The van der Waals surface area contributed by atoms with E-state index in [1.807, 2.05) is 42.8 Å². The molecule has 3 rings (SSSR count). The number of quaternary nitrogens is 1. The number of methoxy groups -OCH3 is 1. The van der Waals surface area contributed by atoms with Gasteiger partial charge in [-0.05, 0) is 31.4 Å². The summed E-state index contributed by atoms with van der Waals surface area (Å²) in [7, 11) is 1.35. The second kappa shape index (κ2) is 7.64. The summed E-state index contributed by atoms with van der Waals surface area (Å²) in [5, 5.41) is 1.94. The van der Waals surface area contributed by atoms with Crippen LogP contribution in [-0.2, 0) is 19.1 Å². The highest BCUT2D eigenvalue weighted by molar-refractivity contribution is 7.98. The Kier molecular flexibility index (Phi) is 5.63. The van der Waals surface area contributed by atoms with Crippen molar-refractivity contribution in [3.8, 4) is 0 Å². The van der Waals surface area contributed by atoms with Crippen LogP contribution >= 0.6 is 11.8 Å². The molecule has 2 aliphatic heterocycles. The van der Waals surface area contributed by atoms with Gasteiger partial charge in [0, 0.05) is 18.5 Å². The fourth-order valence-electron chi connectivity index (χ4n) is 4.73. The molecule has 2 N–H and O–H groups in total. The maximum Gasteiger partial charge on any atom is 0.368 e. The maximum atomic E-state index is 13.2. The fourth-order valence-corrected chi connectivity index (χ4v) is 5.28. The van der Waals surface area contributed by atoms with Gasteiger partial charge in [0.1, 0.15) is 17.9 Å². The third-order valence-electron chi connectivity index (χ3n) is 6.01. The SMILES string of the molecule is CCN1C(=O)[C@H]2[C@@H](C1=O)[C@](CCSC)(C(=O)OC)[NH2+][C@H]2c1ccccc1C. The Balaban J connectivity index is 2.16. The van der Waals surface area contributed by atoms with Crippen molar-refractivity contribution in [2.75, 3.05) is 25.7 Å². The van der Waals surface area contributed by atoms with Gasteiger partial charge in [0.2, 0.25) is 17.4 Å². The van der Waals surface area contributed by atoms with Gasteiger partial charge in [0.25, 0.3) is 0 Å². The predicted molar refractivity (Wildman–Crippen MR) is 103 cm³/mol. The standard InChI is InChI=1S/C20H26N2O4S/c1-5-22-17(23)14-15(18(22)24)20(10-11-27-4,19(25)26-3)21-16(14)13-9-7-6-8-12(13)2/h6-9,14-16,21H,5,10-11H2,1-4H3/p+1/t14-,15-,16-,20+/m0/s1. The van der Waals surface area contributed by atoms with E-state index >= 15 is 0 Å². The highest BCUT2D eigenvalue weighted by Gasteiger charge is 2.72. The molecule has 2 heterocycles. The number of ether oxygens (including phenoxy) is 1. The number of likely N-dealkylation sites (tertiary alicyclic amines) is 1. The third-order valence-corrected chi connectivity index (χ3v) is 6.62. The molecule has 2 saturated heterocycles. The first-order valence-electron chi connectivity index (χ1n) is 9.27. The van der Waals surface area contributed by atoms with E-state index in [1.54, 1.807) is 18.7 Å². The van der Waals surface area contributed by atoms with Crippen molar-refractivity contribution in [3.63, 3.8) is 0 Å². The number of hydrogen-bond donors (Lipinski definition) is 1. The van der Waals surface area contributed by atoms with Gasteiger partial charge in [-0.25, -0.2) is 4.79 Å². The number of aryl methyl sites for hydroxylation is 1. The van der Waals surface area contributed by atoms with Crippen LogP contribution < -0.4 is 5.32 Å². The first kappa shape index (κ1) is 19.9. The zero-order chi connectivity index (χ0) is 19.8.